The van der Waals surface area contributed by atoms with Gasteiger partial charge in [-0.2, -0.15) is 0 Å². The van der Waals surface area contributed by atoms with Crippen LogP contribution in [0.15, 0.2) is 6.07 Å². The Morgan fingerprint density at radius 3 is 2.67 bits per heavy atom. The van der Waals surface area contributed by atoms with Gasteiger partial charge >= 0.3 is 5.95 Å². The molecule has 0 spiro atoms. The van der Waals surface area contributed by atoms with Crippen LogP contribution in [0, 0.1) is 13.8 Å². The van der Waals surface area contributed by atoms with Crippen LogP contribution < -0.4 is 10.5 Å². The molecular formula is C9H15N6+. The van der Waals surface area contributed by atoms with Gasteiger partial charge in [-0.1, -0.05) is 6.92 Å². The van der Waals surface area contributed by atoms with E-state index in [1.54, 1.807) is 0 Å². The summed E-state index contributed by atoms with van der Waals surface area (Å²) in [4.78, 5) is 0. The number of aromatic amines is 1. The van der Waals surface area contributed by atoms with Crippen LogP contribution in [0.4, 0.5) is 0 Å². The summed E-state index contributed by atoms with van der Waals surface area (Å²) in [5.74, 6) is 7.25. The quantitative estimate of drug-likeness (QED) is 0.528. The fourth-order valence-electron chi connectivity index (χ4n) is 1.59. The highest BCUT2D eigenvalue weighted by atomic mass is 15.5. The van der Waals surface area contributed by atoms with Crippen LogP contribution in [0.3, 0.4) is 0 Å². The van der Waals surface area contributed by atoms with Crippen molar-refractivity contribution in [1.82, 2.24) is 20.0 Å². The van der Waals surface area contributed by atoms with Crippen molar-refractivity contribution in [2.45, 2.75) is 27.2 Å². The molecule has 0 aliphatic rings. The zero-order chi connectivity index (χ0) is 11.0. The molecule has 80 valence electrons. The largest absolute Gasteiger partial charge is 0.467 e. The Balaban J connectivity index is 2.54. The molecule has 0 aliphatic carbocycles. The Bertz CT molecular complexity index is 481. The van der Waals surface area contributed by atoms with Crippen LogP contribution in [0.1, 0.15) is 24.1 Å². The molecule has 2 rings (SSSR count). The van der Waals surface area contributed by atoms with Crippen molar-refractivity contribution < 1.29 is 4.68 Å². The number of hydrogen-bond donors (Lipinski definition) is 2. The van der Waals surface area contributed by atoms with Gasteiger partial charge in [0.15, 0.2) is 0 Å². The average Bonchev–Trinajstić information content (AvgIpc) is 2.69. The van der Waals surface area contributed by atoms with E-state index in [1.807, 2.05) is 31.5 Å². The first-order valence-corrected chi connectivity index (χ1v) is 4.91. The van der Waals surface area contributed by atoms with Gasteiger partial charge in [0.25, 0.3) is 0 Å². The van der Waals surface area contributed by atoms with Gasteiger partial charge in [-0.3, -0.25) is 5.84 Å². The highest BCUT2D eigenvalue weighted by molar-refractivity contribution is 5.06. The van der Waals surface area contributed by atoms with Crippen LogP contribution in [-0.4, -0.2) is 20.0 Å². The zero-order valence-electron chi connectivity index (χ0n) is 9.15. The lowest BCUT2D eigenvalue weighted by Crippen LogP contribution is -2.41. The van der Waals surface area contributed by atoms with Crippen LogP contribution in [0.2, 0.25) is 0 Å². The molecule has 6 heteroatoms. The summed E-state index contributed by atoms with van der Waals surface area (Å²) < 4.78 is 3.32. The van der Waals surface area contributed by atoms with Crippen LogP contribution >= 0.6 is 0 Å². The topological polar surface area (TPSA) is 76.4 Å². The van der Waals surface area contributed by atoms with Gasteiger partial charge in [0.2, 0.25) is 5.82 Å². The summed E-state index contributed by atoms with van der Waals surface area (Å²) in [7, 11) is 0. The lowest BCUT2D eigenvalue weighted by atomic mass is 10.4. The van der Waals surface area contributed by atoms with E-state index in [9.17, 15) is 0 Å². The molecular weight excluding hydrogens is 192 g/mol. The SMILES string of the molecule is CCc1nnc(-[n+]2[nH]c(C)cc2C)n1N. The predicted octanol–water partition coefficient (Wildman–Crippen LogP) is -0.224. The fraction of sp³-hybridized carbons (Fsp3) is 0.444. The minimum Gasteiger partial charge on any atom is -0.287 e. The second-order valence-corrected chi connectivity index (χ2v) is 3.56. The van der Waals surface area contributed by atoms with Crippen molar-refractivity contribution in [2.24, 2.45) is 0 Å². The summed E-state index contributed by atoms with van der Waals surface area (Å²) in [5, 5.41) is 11.2. The van der Waals surface area contributed by atoms with Crippen LogP contribution in [0.25, 0.3) is 5.95 Å². The van der Waals surface area contributed by atoms with Crippen LogP contribution in [0.5, 0.6) is 0 Å². The maximum Gasteiger partial charge on any atom is 0.467 e. The van der Waals surface area contributed by atoms with E-state index in [2.05, 4.69) is 15.3 Å². The molecule has 0 bridgehead atoms. The van der Waals surface area contributed by atoms with E-state index in [4.69, 9.17) is 5.84 Å². The molecule has 0 amide bonds. The van der Waals surface area contributed by atoms with Gasteiger partial charge in [-0.15, -0.1) is 9.36 Å². The van der Waals surface area contributed by atoms with Gasteiger partial charge in [0.1, 0.15) is 5.69 Å². The molecule has 2 aromatic heterocycles. The molecule has 0 unspecified atom stereocenters. The van der Waals surface area contributed by atoms with Crippen molar-refractivity contribution >= 4 is 0 Å². The first kappa shape index (κ1) is 9.70. The van der Waals surface area contributed by atoms with E-state index in [-0.39, 0.29) is 0 Å². The molecule has 0 aromatic carbocycles. The van der Waals surface area contributed by atoms with E-state index in [0.717, 1.165) is 23.6 Å². The minimum atomic E-state index is 0.609. The number of rotatable bonds is 2. The summed E-state index contributed by atoms with van der Waals surface area (Å²) in [6.45, 7) is 5.97. The minimum absolute atomic E-state index is 0.609. The first-order valence-electron chi connectivity index (χ1n) is 4.91. The smallest absolute Gasteiger partial charge is 0.287 e. The molecule has 0 radical (unpaired) electrons. The second-order valence-electron chi connectivity index (χ2n) is 3.56. The molecule has 0 aliphatic heterocycles. The second kappa shape index (κ2) is 3.38. The standard InChI is InChI=1S/C9H14N6/c1-4-8-11-12-9(14(8)10)15-7(3)5-6(2)13-15/h5H,4,10H2,1-3H3/p+1. The average molecular weight is 207 g/mol. The maximum atomic E-state index is 5.87. The van der Waals surface area contributed by atoms with Crippen molar-refractivity contribution in [3.63, 3.8) is 0 Å². The fourth-order valence-corrected chi connectivity index (χ4v) is 1.59. The lowest BCUT2D eigenvalue weighted by molar-refractivity contribution is -0.670. The summed E-state index contributed by atoms with van der Waals surface area (Å²) in [5.41, 5.74) is 2.11. The molecule has 0 saturated carbocycles. The number of nitrogens with one attached hydrogen (secondary N) is 1. The molecule has 0 fully saturated rings. The van der Waals surface area contributed by atoms with Crippen molar-refractivity contribution in [1.29, 1.82) is 0 Å². The lowest BCUT2D eigenvalue weighted by Gasteiger charge is -1.95. The number of aromatic nitrogens is 5. The van der Waals surface area contributed by atoms with Gasteiger partial charge in [-0.05, 0) is 25.0 Å². The molecule has 2 heterocycles. The monoisotopic (exact) mass is 207 g/mol. The number of aryl methyl sites for hydroxylation is 3. The van der Waals surface area contributed by atoms with Crippen molar-refractivity contribution in [2.75, 3.05) is 5.84 Å². The number of hydrogen-bond acceptors (Lipinski definition) is 3. The Labute approximate surface area is 87.7 Å². The summed E-state index contributed by atoms with van der Waals surface area (Å²) in [6.07, 6.45) is 0.767. The van der Waals surface area contributed by atoms with Crippen molar-refractivity contribution in [3.8, 4) is 5.95 Å². The van der Waals surface area contributed by atoms with Crippen LogP contribution in [-0.2, 0) is 6.42 Å². The number of H-pyrrole nitrogens is 1. The Hall–Kier alpha value is -1.85. The highest BCUT2D eigenvalue weighted by Crippen LogP contribution is 2.00. The maximum absolute atomic E-state index is 5.87. The Morgan fingerprint density at radius 1 is 1.47 bits per heavy atom. The number of nitrogens with zero attached hydrogens (tertiary/aromatic N) is 4. The van der Waals surface area contributed by atoms with E-state index in [1.165, 1.54) is 4.68 Å². The molecule has 15 heavy (non-hydrogen) atoms. The Morgan fingerprint density at radius 2 is 2.20 bits per heavy atom. The number of nitrogen functional groups attached to an aromatic ring is 1. The molecule has 0 saturated heterocycles. The first-order chi connectivity index (χ1) is 7.13. The third kappa shape index (κ3) is 1.47. The summed E-state index contributed by atoms with van der Waals surface area (Å²) in [6, 6.07) is 2.03. The van der Waals surface area contributed by atoms with E-state index in [0.29, 0.717) is 5.95 Å². The van der Waals surface area contributed by atoms with Gasteiger partial charge in [-0.25, -0.2) is 5.10 Å². The zero-order valence-corrected chi connectivity index (χ0v) is 9.15. The molecule has 2 aromatic rings. The third-order valence-corrected chi connectivity index (χ3v) is 2.33. The molecule has 3 N–H and O–H groups in total. The normalized spacial score (nSPS) is 10.9. The van der Waals surface area contributed by atoms with Gasteiger partial charge in [0.05, 0.1) is 5.10 Å². The predicted molar refractivity (Wildman–Crippen MR) is 54.9 cm³/mol. The highest BCUT2D eigenvalue weighted by Gasteiger charge is 2.22. The Kier molecular flexibility index (Phi) is 2.18. The number of nitrogens with two attached hydrogens (primary N) is 1. The van der Waals surface area contributed by atoms with Gasteiger partial charge < -0.3 is 0 Å². The third-order valence-electron chi connectivity index (χ3n) is 2.33. The van der Waals surface area contributed by atoms with E-state index >= 15 is 0 Å². The van der Waals surface area contributed by atoms with Gasteiger partial charge in [0, 0.05) is 12.1 Å². The molecule has 0 atom stereocenters. The van der Waals surface area contributed by atoms with E-state index < -0.39 is 0 Å². The molecule has 6 nitrogen and oxygen atoms in total. The van der Waals surface area contributed by atoms with Crippen molar-refractivity contribution in [3.05, 3.63) is 23.3 Å². The summed E-state index contributed by atoms with van der Waals surface area (Å²) >= 11 is 0.